The van der Waals surface area contributed by atoms with E-state index in [2.05, 4.69) is 5.32 Å². The quantitative estimate of drug-likeness (QED) is 0.781. The number of carbonyl (C=O) groups is 2. The molecule has 4 nitrogen and oxygen atoms in total. The molecular weight excluding hydrogens is 272 g/mol. The average Bonchev–Trinajstić information content (AvgIpc) is 2.35. The summed E-state index contributed by atoms with van der Waals surface area (Å²) >= 11 is 7.17. The highest BCUT2D eigenvalue weighted by atomic mass is 35.5. The summed E-state index contributed by atoms with van der Waals surface area (Å²) in [4.78, 5) is 23.1. The molecule has 0 atom stereocenters. The average molecular weight is 287 g/mol. The molecule has 1 aromatic rings. The zero-order valence-electron chi connectivity index (χ0n) is 9.82. The number of imide groups is 1. The Morgan fingerprint density at radius 3 is 2.56 bits per heavy atom. The van der Waals surface area contributed by atoms with Gasteiger partial charge in [-0.1, -0.05) is 11.6 Å². The number of amides is 2. The van der Waals surface area contributed by atoms with Gasteiger partial charge in [-0.05, 0) is 43.0 Å². The lowest BCUT2D eigenvalue weighted by Gasteiger charge is -2.04. The number of nitrogens with two attached hydrogens (primary N) is 1. The molecule has 2 amide bonds. The van der Waals surface area contributed by atoms with Crippen molar-refractivity contribution >= 4 is 35.2 Å². The molecular formula is C12H15ClN2O2S. The van der Waals surface area contributed by atoms with Crippen molar-refractivity contribution in [1.82, 2.24) is 5.32 Å². The van der Waals surface area contributed by atoms with Crippen LogP contribution in [0.4, 0.5) is 0 Å². The molecule has 0 aromatic heterocycles. The summed E-state index contributed by atoms with van der Waals surface area (Å²) in [5.41, 5.74) is 5.75. The normalized spacial score (nSPS) is 10.1. The fraction of sp³-hybridized carbons (Fsp3) is 0.333. The standard InChI is InChI=1S/C12H15ClN2O2S/c13-10-4-2-9(3-5-10)12(17)15-11(16)8-18-7-1-6-14/h2-5H,1,6-8,14H2,(H,15,16,17). The minimum absolute atomic E-state index is 0.263. The zero-order chi connectivity index (χ0) is 13.4. The smallest absolute Gasteiger partial charge is 0.257 e. The predicted octanol–water partition coefficient (Wildman–Crippen LogP) is 1.68. The van der Waals surface area contributed by atoms with Crippen molar-refractivity contribution in [2.75, 3.05) is 18.1 Å². The maximum atomic E-state index is 11.7. The van der Waals surface area contributed by atoms with Gasteiger partial charge in [0.05, 0.1) is 5.75 Å². The Morgan fingerprint density at radius 1 is 1.28 bits per heavy atom. The first-order chi connectivity index (χ1) is 8.63. The van der Waals surface area contributed by atoms with Gasteiger partial charge in [-0.15, -0.1) is 0 Å². The third kappa shape index (κ3) is 5.53. The maximum absolute atomic E-state index is 11.7. The Bertz CT molecular complexity index is 409. The van der Waals surface area contributed by atoms with E-state index in [1.54, 1.807) is 24.3 Å². The van der Waals surface area contributed by atoms with Crippen LogP contribution in [0.2, 0.25) is 5.02 Å². The zero-order valence-corrected chi connectivity index (χ0v) is 11.4. The van der Waals surface area contributed by atoms with E-state index < -0.39 is 5.91 Å². The van der Waals surface area contributed by atoms with E-state index in [1.165, 1.54) is 11.8 Å². The maximum Gasteiger partial charge on any atom is 0.257 e. The first kappa shape index (κ1) is 15.0. The number of thioether (sulfide) groups is 1. The van der Waals surface area contributed by atoms with Crippen molar-refractivity contribution < 1.29 is 9.59 Å². The fourth-order valence-electron chi connectivity index (χ4n) is 1.19. The molecule has 98 valence electrons. The first-order valence-corrected chi connectivity index (χ1v) is 7.04. The van der Waals surface area contributed by atoms with Crippen molar-refractivity contribution in [2.24, 2.45) is 5.73 Å². The molecule has 18 heavy (non-hydrogen) atoms. The topological polar surface area (TPSA) is 72.2 Å². The third-order valence-corrected chi connectivity index (χ3v) is 3.38. The Hall–Kier alpha value is -1.04. The van der Waals surface area contributed by atoms with Gasteiger partial charge in [0.15, 0.2) is 0 Å². The molecule has 0 bridgehead atoms. The highest BCUT2D eigenvalue weighted by Crippen LogP contribution is 2.09. The monoisotopic (exact) mass is 286 g/mol. The lowest BCUT2D eigenvalue weighted by atomic mass is 10.2. The lowest BCUT2D eigenvalue weighted by Crippen LogP contribution is -2.31. The summed E-state index contributed by atoms with van der Waals surface area (Å²) in [7, 11) is 0. The molecule has 1 rings (SSSR count). The molecule has 0 aliphatic carbocycles. The molecule has 0 aliphatic heterocycles. The van der Waals surface area contributed by atoms with Crippen molar-refractivity contribution in [1.29, 1.82) is 0 Å². The van der Waals surface area contributed by atoms with E-state index in [0.29, 0.717) is 17.1 Å². The van der Waals surface area contributed by atoms with Gasteiger partial charge < -0.3 is 5.73 Å². The van der Waals surface area contributed by atoms with Gasteiger partial charge in [-0.3, -0.25) is 14.9 Å². The van der Waals surface area contributed by atoms with Gasteiger partial charge in [0.2, 0.25) is 5.91 Å². The second-order valence-electron chi connectivity index (χ2n) is 3.58. The van der Waals surface area contributed by atoms with Crippen LogP contribution in [0.25, 0.3) is 0 Å². The van der Waals surface area contributed by atoms with Crippen LogP contribution in [0, 0.1) is 0 Å². The summed E-state index contributed by atoms with van der Waals surface area (Å²) < 4.78 is 0. The summed E-state index contributed by atoms with van der Waals surface area (Å²) in [5.74, 6) is 0.381. The molecule has 0 saturated carbocycles. The van der Waals surface area contributed by atoms with E-state index in [1.807, 2.05) is 0 Å². The van der Waals surface area contributed by atoms with Crippen LogP contribution in [-0.4, -0.2) is 29.9 Å². The SMILES string of the molecule is NCCCSCC(=O)NC(=O)c1ccc(Cl)cc1. The minimum atomic E-state index is -0.406. The molecule has 0 aliphatic rings. The Morgan fingerprint density at radius 2 is 1.94 bits per heavy atom. The molecule has 1 aromatic carbocycles. The molecule has 0 heterocycles. The van der Waals surface area contributed by atoms with Crippen LogP contribution in [0.3, 0.4) is 0 Å². The van der Waals surface area contributed by atoms with E-state index in [9.17, 15) is 9.59 Å². The molecule has 3 N–H and O–H groups in total. The van der Waals surface area contributed by atoms with Crippen LogP contribution in [0.5, 0.6) is 0 Å². The van der Waals surface area contributed by atoms with Gasteiger partial charge in [0.1, 0.15) is 0 Å². The molecule has 0 radical (unpaired) electrons. The van der Waals surface area contributed by atoms with Crippen LogP contribution in [-0.2, 0) is 4.79 Å². The van der Waals surface area contributed by atoms with Crippen molar-refractivity contribution in [2.45, 2.75) is 6.42 Å². The predicted molar refractivity (Wildman–Crippen MR) is 74.9 cm³/mol. The second-order valence-corrected chi connectivity index (χ2v) is 5.12. The van der Waals surface area contributed by atoms with Gasteiger partial charge in [-0.25, -0.2) is 0 Å². The highest BCUT2D eigenvalue weighted by Gasteiger charge is 2.09. The van der Waals surface area contributed by atoms with Gasteiger partial charge >= 0.3 is 0 Å². The number of hydrogen-bond acceptors (Lipinski definition) is 4. The Kier molecular flexibility index (Phi) is 6.78. The number of benzene rings is 1. The van der Waals surface area contributed by atoms with Crippen molar-refractivity contribution in [3.8, 4) is 0 Å². The van der Waals surface area contributed by atoms with Gasteiger partial charge in [0.25, 0.3) is 5.91 Å². The van der Waals surface area contributed by atoms with Crippen LogP contribution in [0.1, 0.15) is 16.8 Å². The van der Waals surface area contributed by atoms with E-state index in [4.69, 9.17) is 17.3 Å². The second kappa shape index (κ2) is 8.13. The molecule has 0 saturated heterocycles. The fourth-order valence-corrected chi connectivity index (χ4v) is 2.09. The molecule has 0 spiro atoms. The summed E-state index contributed by atoms with van der Waals surface area (Å²) in [5, 5.41) is 2.87. The van der Waals surface area contributed by atoms with Crippen LogP contribution in [0.15, 0.2) is 24.3 Å². The largest absolute Gasteiger partial charge is 0.330 e. The summed E-state index contributed by atoms with van der Waals surface area (Å²) in [6.45, 7) is 0.609. The van der Waals surface area contributed by atoms with Crippen molar-refractivity contribution in [3.63, 3.8) is 0 Å². The number of halogens is 1. The minimum Gasteiger partial charge on any atom is -0.330 e. The van der Waals surface area contributed by atoms with Gasteiger partial charge in [-0.2, -0.15) is 11.8 Å². The summed E-state index contributed by atoms with van der Waals surface area (Å²) in [6.07, 6.45) is 0.864. The van der Waals surface area contributed by atoms with E-state index in [0.717, 1.165) is 12.2 Å². The summed E-state index contributed by atoms with van der Waals surface area (Å²) in [6, 6.07) is 6.37. The Balaban J connectivity index is 2.35. The Labute approximate surface area is 115 Å². The molecule has 0 unspecified atom stereocenters. The number of rotatable bonds is 6. The number of nitrogens with one attached hydrogen (secondary N) is 1. The number of hydrogen-bond donors (Lipinski definition) is 2. The van der Waals surface area contributed by atoms with Crippen molar-refractivity contribution in [3.05, 3.63) is 34.9 Å². The van der Waals surface area contributed by atoms with E-state index >= 15 is 0 Å². The number of carbonyl (C=O) groups excluding carboxylic acids is 2. The highest BCUT2D eigenvalue weighted by molar-refractivity contribution is 7.99. The third-order valence-electron chi connectivity index (χ3n) is 2.09. The first-order valence-electron chi connectivity index (χ1n) is 5.51. The molecule has 6 heteroatoms. The molecule has 0 fully saturated rings. The van der Waals surface area contributed by atoms with Crippen LogP contribution < -0.4 is 11.1 Å². The van der Waals surface area contributed by atoms with Crippen LogP contribution >= 0.6 is 23.4 Å². The van der Waals surface area contributed by atoms with Gasteiger partial charge in [0, 0.05) is 10.6 Å². The van der Waals surface area contributed by atoms with E-state index in [-0.39, 0.29) is 11.7 Å². The lowest BCUT2D eigenvalue weighted by molar-refractivity contribution is -0.117.